The highest BCUT2D eigenvalue weighted by Crippen LogP contribution is 2.25. The average molecular weight is 228 g/mol. The van der Waals surface area contributed by atoms with E-state index in [1.165, 1.54) is 0 Å². The number of nitrogens with one attached hydrogen (secondary N) is 1. The van der Waals surface area contributed by atoms with Crippen molar-refractivity contribution < 1.29 is 9.90 Å². The van der Waals surface area contributed by atoms with Crippen molar-refractivity contribution in [1.82, 2.24) is 5.32 Å². The highest BCUT2D eigenvalue weighted by atomic mass is 16.3. The summed E-state index contributed by atoms with van der Waals surface area (Å²) in [6.07, 6.45) is 5.86. The quantitative estimate of drug-likeness (QED) is 0.629. The van der Waals surface area contributed by atoms with Crippen LogP contribution in [-0.2, 0) is 4.79 Å². The molecule has 4 heteroatoms. The monoisotopic (exact) mass is 228 g/mol. The summed E-state index contributed by atoms with van der Waals surface area (Å²) in [5.74, 6) is 0.168. The molecular weight excluding hydrogens is 204 g/mol. The number of unbranched alkanes of at least 4 members (excludes halogenated alkanes) is 1. The number of carbonyl (C=O) groups is 1. The molecule has 1 saturated carbocycles. The maximum absolute atomic E-state index is 11.7. The molecule has 0 heterocycles. The van der Waals surface area contributed by atoms with Crippen LogP contribution in [0.15, 0.2) is 0 Å². The number of amides is 1. The lowest BCUT2D eigenvalue weighted by Gasteiger charge is -2.21. The van der Waals surface area contributed by atoms with Crippen LogP contribution in [0.25, 0.3) is 0 Å². The van der Waals surface area contributed by atoms with E-state index in [0.717, 1.165) is 38.5 Å². The second-order valence-corrected chi connectivity index (χ2v) is 4.74. The summed E-state index contributed by atoms with van der Waals surface area (Å²) in [7, 11) is 0. The van der Waals surface area contributed by atoms with Gasteiger partial charge in [-0.05, 0) is 19.3 Å². The fourth-order valence-corrected chi connectivity index (χ4v) is 2.29. The topological polar surface area (TPSA) is 75.4 Å². The van der Waals surface area contributed by atoms with Crippen LogP contribution in [0.3, 0.4) is 0 Å². The third-order valence-electron chi connectivity index (χ3n) is 3.43. The number of hydrogen-bond acceptors (Lipinski definition) is 3. The Labute approximate surface area is 97.6 Å². The van der Waals surface area contributed by atoms with Crippen LogP contribution in [0.1, 0.15) is 45.4 Å². The van der Waals surface area contributed by atoms with Gasteiger partial charge in [-0.1, -0.05) is 26.2 Å². The first kappa shape index (κ1) is 13.5. The number of aliphatic hydroxyl groups excluding tert-OH is 1. The van der Waals surface area contributed by atoms with Gasteiger partial charge in [0.05, 0.1) is 6.04 Å². The van der Waals surface area contributed by atoms with E-state index in [1.807, 2.05) is 0 Å². The van der Waals surface area contributed by atoms with E-state index >= 15 is 0 Å². The maximum atomic E-state index is 11.7. The molecule has 3 unspecified atom stereocenters. The number of nitrogens with two attached hydrogens (primary N) is 1. The van der Waals surface area contributed by atoms with E-state index in [1.54, 1.807) is 0 Å². The van der Waals surface area contributed by atoms with Gasteiger partial charge in [-0.25, -0.2) is 0 Å². The lowest BCUT2D eigenvalue weighted by molar-refractivity contribution is -0.123. The number of hydrogen-bond donors (Lipinski definition) is 3. The fourth-order valence-electron chi connectivity index (χ4n) is 2.29. The van der Waals surface area contributed by atoms with Crippen LogP contribution in [-0.4, -0.2) is 29.7 Å². The molecular formula is C12H24N2O2. The number of rotatable bonds is 6. The summed E-state index contributed by atoms with van der Waals surface area (Å²) < 4.78 is 0. The lowest BCUT2D eigenvalue weighted by atomic mass is 10.0. The average Bonchev–Trinajstić information content (AvgIpc) is 2.72. The smallest absolute Gasteiger partial charge is 0.237 e. The Morgan fingerprint density at radius 3 is 2.94 bits per heavy atom. The normalized spacial score (nSPS) is 26.7. The van der Waals surface area contributed by atoms with Gasteiger partial charge in [0.1, 0.15) is 0 Å². The maximum Gasteiger partial charge on any atom is 0.237 e. The molecule has 3 atom stereocenters. The zero-order valence-corrected chi connectivity index (χ0v) is 10.1. The highest BCUT2D eigenvalue weighted by molar-refractivity contribution is 5.81. The molecule has 1 aliphatic rings. The summed E-state index contributed by atoms with van der Waals surface area (Å²) in [5, 5.41) is 12.1. The molecule has 0 aromatic carbocycles. The molecule has 0 spiro atoms. The zero-order chi connectivity index (χ0) is 12.0. The third-order valence-corrected chi connectivity index (χ3v) is 3.43. The Morgan fingerprint density at radius 2 is 2.31 bits per heavy atom. The molecule has 0 saturated heterocycles. The van der Waals surface area contributed by atoms with E-state index in [4.69, 9.17) is 10.8 Å². The summed E-state index contributed by atoms with van der Waals surface area (Å²) in [5.41, 5.74) is 5.79. The number of carbonyl (C=O) groups excluding carboxylic acids is 1. The Morgan fingerprint density at radius 1 is 1.56 bits per heavy atom. The van der Waals surface area contributed by atoms with Crippen molar-refractivity contribution in [2.24, 2.45) is 11.7 Å². The third kappa shape index (κ3) is 3.76. The van der Waals surface area contributed by atoms with E-state index < -0.39 is 0 Å². The minimum absolute atomic E-state index is 0.0567. The summed E-state index contributed by atoms with van der Waals surface area (Å²) in [6, 6.07) is -0.259. The molecule has 1 fully saturated rings. The van der Waals surface area contributed by atoms with Crippen LogP contribution in [0.4, 0.5) is 0 Å². The summed E-state index contributed by atoms with van der Waals surface area (Å²) >= 11 is 0. The second-order valence-electron chi connectivity index (χ2n) is 4.74. The minimum atomic E-state index is -0.389. The Kier molecular flexibility index (Phi) is 5.77. The SMILES string of the molecule is CCCCC(N)C(=O)NC1CCCC1CO. The molecule has 94 valence electrons. The molecule has 0 aromatic heterocycles. The van der Waals surface area contributed by atoms with Gasteiger partial charge in [0.15, 0.2) is 0 Å². The van der Waals surface area contributed by atoms with Crippen molar-refractivity contribution in [3.63, 3.8) is 0 Å². The molecule has 4 N–H and O–H groups in total. The predicted molar refractivity (Wildman–Crippen MR) is 63.9 cm³/mol. The van der Waals surface area contributed by atoms with Crippen LogP contribution in [0.2, 0.25) is 0 Å². The molecule has 0 aliphatic heterocycles. The van der Waals surface area contributed by atoms with Crippen molar-refractivity contribution >= 4 is 5.91 Å². The first-order valence-electron chi connectivity index (χ1n) is 6.35. The van der Waals surface area contributed by atoms with Gasteiger partial charge in [0.25, 0.3) is 0 Å². The lowest BCUT2D eigenvalue weighted by Crippen LogP contribution is -2.47. The van der Waals surface area contributed by atoms with Gasteiger partial charge in [0.2, 0.25) is 5.91 Å². The molecule has 0 bridgehead atoms. The minimum Gasteiger partial charge on any atom is -0.396 e. The summed E-state index contributed by atoms with van der Waals surface area (Å²) in [4.78, 5) is 11.7. The standard InChI is InChI=1S/C12H24N2O2/c1-2-3-6-10(13)12(16)14-11-7-4-5-9(11)8-15/h9-11,15H,2-8,13H2,1H3,(H,14,16). The van der Waals surface area contributed by atoms with Crippen molar-refractivity contribution in [3.8, 4) is 0 Å². The van der Waals surface area contributed by atoms with Crippen molar-refractivity contribution in [3.05, 3.63) is 0 Å². The van der Waals surface area contributed by atoms with Crippen LogP contribution in [0.5, 0.6) is 0 Å². The van der Waals surface area contributed by atoms with Crippen molar-refractivity contribution in [1.29, 1.82) is 0 Å². The zero-order valence-electron chi connectivity index (χ0n) is 10.1. The van der Waals surface area contributed by atoms with Gasteiger partial charge in [-0.3, -0.25) is 4.79 Å². The van der Waals surface area contributed by atoms with Crippen LogP contribution in [0, 0.1) is 5.92 Å². The fraction of sp³-hybridized carbons (Fsp3) is 0.917. The highest BCUT2D eigenvalue weighted by Gasteiger charge is 2.28. The molecule has 4 nitrogen and oxygen atoms in total. The van der Waals surface area contributed by atoms with E-state index in [2.05, 4.69) is 12.2 Å². The van der Waals surface area contributed by atoms with Gasteiger partial charge in [-0.2, -0.15) is 0 Å². The Hall–Kier alpha value is -0.610. The van der Waals surface area contributed by atoms with Crippen LogP contribution < -0.4 is 11.1 Å². The first-order chi connectivity index (χ1) is 7.69. The van der Waals surface area contributed by atoms with E-state index in [9.17, 15) is 4.79 Å². The Bertz CT molecular complexity index is 221. The molecule has 0 radical (unpaired) electrons. The summed E-state index contributed by atoms with van der Waals surface area (Å²) in [6.45, 7) is 2.25. The van der Waals surface area contributed by atoms with E-state index in [-0.39, 0.29) is 30.5 Å². The number of aliphatic hydroxyl groups is 1. The van der Waals surface area contributed by atoms with Crippen molar-refractivity contribution in [2.75, 3.05) is 6.61 Å². The van der Waals surface area contributed by atoms with Gasteiger partial charge in [0, 0.05) is 18.6 Å². The molecule has 1 amide bonds. The van der Waals surface area contributed by atoms with E-state index in [0.29, 0.717) is 0 Å². The second kappa shape index (κ2) is 6.86. The molecule has 16 heavy (non-hydrogen) atoms. The Balaban J connectivity index is 2.32. The van der Waals surface area contributed by atoms with Gasteiger partial charge >= 0.3 is 0 Å². The first-order valence-corrected chi connectivity index (χ1v) is 6.35. The molecule has 1 rings (SSSR count). The molecule has 1 aliphatic carbocycles. The predicted octanol–water partition coefficient (Wildman–Crippen LogP) is 0.781. The van der Waals surface area contributed by atoms with Gasteiger partial charge < -0.3 is 16.2 Å². The molecule has 0 aromatic rings. The van der Waals surface area contributed by atoms with Gasteiger partial charge in [-0.15, -0.1) is 0 Å². The van der Waals surface area contributed by atoms with Crippen molar-refractivity contribution in [2.45, 2.75) is 57.5 Å². The largest absolute Gasteiger partial charge is 0.396 e. The van der Waals surface area contributed by atoms with Crippen LogP contribution >= 0.6 is 0 Å².